The lowest BCUT2D eigenvalue weighted by Crippen LogP contribution is -2.25. The average molecular weight is 418 g/mol. The highest BCUT2D eigenvalue weighted by Gasteiger charge is 2.33. The third-order valence-electron chi connectivity index (χ3n) is 5.75. The SMILES string of the molecule is Cc1ccc(CN(C)Cc2cnc(S(=O)(=O)CC3CC3)n2C[C@@H]2CCCO2)cc1. The summed E-state index contributed by atoms with van der Waals surface area (Å²) in [4.78, 5) is 6.57. The van der Waals surface area contributed by atoms with Gasteiger partial charge in [-0.25, -0.2) is 13.4 Å². The minimum Gasteiger partial charge on any atom is -0.376 e. The second-order valence-electron chi connectivity index (χ2n) is 8.66. The highest BCUT2D eigenvalue weighted by atomic mass is 32.2. The van der Waals surface area contributed by atoms with Crippen LogP contribution in [0.4, 0.5) is 0 Å². The van der Waals surface area contributed by atoms with Crippen LogP contribution in [0.1, 0.15) is 42.5 Å². The first-order chi connectivity index (χ1) is 13.9. The van der Waals surface area contributed by atoms with Gasteiger partial charge in [-0.2, -0.15) is 0 Å². The minimum absolute atomic E-state index is 0.0697. The van der Waals surface area contributed by atoms with Crippen molar-refractivity contribution < 1.29 is 13.2 Å². The van der Waals surface area contributed by atoms with Crippen LogP contribution in [0.15, 0.2) is 35.6 Å². The molecule has 0 unspecified atom stereocenters. The van der Waals surface area contributed by atoms with Crippen molar-refractivity contribution in [2.75, 3.05) is 19.4 Å². The summed E-state index contributed by atoms with van der Waals surface area (Å²) >= 11 is 0. The van der Waals surface area contributed by atoms with Crippen LogP contribution in [0.25, 0.3) is 0 Å². The molecule has 1 aromatic carbocycles. The monoisotopic (exact) mass is 417 g/mol. The lowest BCUT2D eigenvalue weighted by atomic mass is 10.1. The zero-order valence-electron chi connectivity index (χ0n) is 17.4. The first-order valence-electron chi connectivity index (χ1n) is 10.5. The Morgan fingerprint density at radius 1 is 1.17 bits per heavy atom. The Balaban J connectivity index is 1.53. The van der Waals surface area contributed by atoms with Crippen LogP contribution in [-0.2, 0) is 34.2 Å². The molecule has 4 rings (SSSR count). The quantitative estimate of drug-likeness (QED) is 0.627. The van der Waals surface area contributed by atoms with Crippen molar-refractivity contribution in [2.24, 2.45) is 5.92 Å². The van der Waals surface area contributed by atoms with Gasteiger partial charge >= 0.3 is 0 Å². The molecule has 1 atom stereocenters. The molecule has 158 valence electrons. The third kappa shape index (κ3) is 5.27. The fourth-order valence-electron chi connectivity index (χ4n) is 3.96. The summed E-state index contributed by atoms with van der Waals surface area (Å²) in [5, 5.41) is 0.221. The number of imidazole rings is 1. The molecule has 2 aliphatic rings. The summed E-state index contributed by atoms with van der Waals surface area (Å²) < 4.78 is 33.6. The van der Waals surface area contributed by atoms with Gasteiger partial charge in [-0.3, -0.25) is 4.90 Å². The summed E-state index contributed by atoms with van der Waals surface area (Å²) in [6, 6.07) is 8.52. The summed E-state index contributed by atoms with van der Waals surface area (Å²) in [5.74, 6) is 0.523. The van der Waals surface area contributed by atoms with E-state index in [1.165, 1.54) is 11.1 Å². The van der Waals surface area contributed by atoms with Crippen molar-refractivity contribution in [1.29, 1.82) is 0 Å². The maximum atomic E-state index is 13.0. The van der Waals surface area contributed by atoms with E-state index >= 15 is 0 Å². The smallest absolute Gasteiger partial charge is 0.227 e. The molecule has 2 heterocycles. The Labute approximate surface area is 173 Å². The summed E-state index contributed by atoms with van der Waals surface area (Å²) in [6.07, 6.45) is 5.83. The first-order valence-corrected chi connectivity index (χ1v) is 12.2. The van der Waals surface area contributed by atoms with Gasteiger partial charge in [0.25, 0.3) is 0 Å². The Hall–Kier alpha value is -1.70. The van der Waals surface area contributed by atoms with Gasteiger partial charge in [0.15, 0.2) is 0 Å². The van der Waals surface area contributed by atoms with E-state index in [0.717, 1.165) is 44.5 Å². The van der Waals surface area contributed by atoms with Gasteiger partial charge in [0.2, 0.25) is 15.0 Å². The Morgan fingerprint density at radius 3 is 2.59 bits per heavy atom. The number of hydrogen-bond acceptors (Lipinski definition) is 5. The van der Waals surface area contributed by atoms with Crippen LogP contribution in [-0.4, -0.2) is 48.4 Å². The molecule has 0 amide bonds. The summed E-state index contributed by atoms with van der Waals surface area (Å²) in [6.45, 7) is 4.85. The van der Waals surface area contributed by atoms with Crippen LogP contribution in [0.2, 0.25) is 0 Å². The number of benzene rings is 1. The molecule has 0 bridgehead atoms. The maximum Gasteiger partial charge on any atom is 0.227 e. The van der Waals surface area contributed by atoms with Crippen molar-refractivity contribution in [3.63, 3.8) is 0 Å². The van der Waals surface area contributed by atoms with Crippen LogP contribution in [0.5, 0.6) is 0 Å². The van der Waals surface area contributed by atoms with Crippen molar-refractivity contribution in [3.8, 4) is 0 Å². The van der Waals surface area contributed by atoms with Crippen LogP contribution in [0, 0.1) is 12.8 Å². The molecule has 0 radical (unpaired) electrons. The zero-order chi connectivity index (χ0) is 20.4. The number of hydrogen-bond donors (Lipinski definition) is 0. The van der Waals surface area contributed by atoms with Gasteiger partial charge in [-0.05, 0) is 51.1 Å². The second-order valence-corrected chi connectivity index (χ2v) is 10.6. The number of nitrogens with zero attached hydrogens (tertiary/aromatic N) is 3. The molecule has 6 nitrogen and oxygen atoms in total. The normalized spacial score (nSPS) is 19.9. The molecule has 2 fully saturated rings. The molecule has 1 aromatic heterocycles. The number of ether oxygens (including phenoxy) is 1. The minimum atomic E-state index is -3.37. The number of aromatic nitrogens is 2. The van der Waals surface area contributed by atoms with Crippen molar-refractivity contribution in [1.82, 2.24) is 14.5 Å². The van der Waals surface area contributed by atoms with E-state index in [0.29, 0.717) is 19.0 Å². The molecule has 29 heavy (non-hydrogen) atoms. The second kappa shape index (κ2) is 8.58. The molecular weight excluding hydrogens is 386 g/mol. The number of rotatable bonds is 9. The Bertz CT molecular complexity index is 927. The van der Waals surface area contributed by atoms with E-state index in [-0.39, 0.29) is 17.0 Å². The van der Waals surface area contributed by atoms with E-state index in [1.807, 2.05) is 4.57 Å². The Morgan fingerprint density at radius 2 is 1.93 bits per heavy atom. The number of aryl methyl sites for hydroxylation is 1. The fraction of sp³-hybridized carbons (Fsp3) is 0.591. The predicted octanol–water partition coefficient (Wildman–Crippen LogP) is 3.19. The molecule has 7 heteroatoms. The van der Waals surface area contributed by atoms with Crippen molar-refractivity contribution >= 4 is 9.84 Å². The molecule has 2 aromatic rings. The van der Waals surface area contributed by atoms with Gasteiger partial charge in [0.05, 0.1) is 30.3 Å². The van der Waals surface area contributed by atoms with Gasteiger partial charge < -0.3 is 9.30 Å². The summed E-state index contributed by atoms with van der Waals surface area (Å²) in [7, 11) is -1.31. The van der Waals surface area contributed by atoms with E-state index in [1.54, 1.807) is 6.20 Å². The molecule has 0 N–H and O–H groups in total. The van der Waals surface area contributed by atoms with Crippen molar-refractivity contribution in [3.05, 3.63) is 47.3 Å². The van der Waals surface area contributed by atoms with E-state index in [4.69, 9.17) is 4.74 Å². The van der Waals surface area contributed by atoms with Gasteiger partial charge in [0.1, 0.15) is 0 Å². The van der Waals surface area contributed by atoms with Gasteiger partial charge in [-0.1, -0.05) is 29.8 Å². The first kappa shape index (κ1) is 20.6. The molecule has 1 aliphatic carbocycles. The average Bonchev–Trinajstić information content (AvgIpc) is 3.15. The summed E-state index contributed by atoms with van der Waals surface area (Å²) in [5.41, 5.74) is 3.42. The highest BCUT2D eigenvalue weighted by molar-refractivity contribution is 7.91. The van der Waals surface area contributed by atoms with Crippen LogP contribution in [0.3, 0.4) is 0 Å². The lowest BCUT2D eigenvalue weighted by molar-refractivity contribution is 0.0934. The largest absolute Gasteiger partial charge is 0.376 e. The third-order valence-corrected chi connectivity index (χ3v) is 7.54. The van der Waals surface area contributed by atoms with Crippen molar-refractivity contribution in [2.45, 2.75) is 63.5 Å². The van der Waals surface area contributed by atoms with Crippen LogP contribution >= 0.6 is 0 Å². The lowest BCUT2D eigenvalue weighted by Gasteiger charge is -2.20. The topological polar surface area (TPSA) is 64.4 Å². The standard InChI is InChI=1S/C22H31N3O3S/c1-17-5-7-18(8-6-17)13-24(2)14-20-12-23-22(29(26,27)16-19-9-10-19)25(20)15-21-4-3-11-28-21/h5-8,12,19,21H,3-4,9-11,13-16H2,1-2H3/t21-/m0/s1. The zero-order valence-corrected chi connectivity index (χ0v) is 18.2. The highest BCUT2D eigenvalue weighted by Crippen LogP contribution is 2.32. The van der Waals surface area contributed by atoms with E-state index in [9.17, 15) is 8.42 Å². The van der Waals surface area contributed by atoms with Crippen LogP contribution < -0.4 is 0 Å². The number of sulfone groups is 1. The molecule has 1 aliphatic heterocycles. The molecule has 1 saturated carbocycles. The predicted molar refractivity (Wildman–Crippen MR) is 112 cm³/mol. The molecular formula is C22H31N3O3S. The van der Waals surface area contributed by atoms with Gasteiger partial charge in [0, 0.05) is 19.7 Å². The fourth-order valence-corrected chi connectivity index (χ4v) is 5.80. The van der Waals surface area contributed by atoms with Gasteiger partial charge in [-0.15, -0.1) is 0 Å². The van der Waals surface area contributed by atoms with E-state index < -0.39 is 9.84 Å². The maximum absolute atomic E-state index is 13.0. The Kier molecular flexibility index (Phi) is 6.08. The molecule has 1 saturated heterocycles. The van der Waals surface area contributed by atoms with E-state index in [2.05, 4.69) is 48.1 Å². The molecule has 0 spiro atoms.